The average molecular weight is 300 g/mol. The van der Waals surface area contributed by atoms with Crippen LogP contribution in [-0.4, -0.2) is 62.0 Å². The van der Waals surface area contributed by atoms with Gasteiger partial charge in [-0.25, -0.2) is 9.31 Å². The molecule has 2 rings (SSSR count). The maximum absolute atomic E-state index is 11.6. The zero-order valence-electron chi connectivity index (χ0n) is 11.0. The van der Waals surface area contributed by atoms with Crippen LogP contribution in [-0.2, 0) is 19.9 Å². The van der Waals surface area contributed by atoms with Crippen LogP contribution in [0.4, 0.5) is 0 Å². The molecule has 19 heavy (non-hydrogen) atoms. The van der Waals surface area contributed by atoms with E-state index >= 15 is 0 Å². The molecule has 2 heterocycles. The molecule has 1 N–H and O–H groups in total. The molecule has 0 spiro atoms. The Hall–Kier alpha value is -1.08. The Morgan fingerprint density at radius 2 is 2.26 bits per heavy atom. The Kier molecular flexibility index (Phi) is 4.63. The maximum Gasteiger partial charge on any atom is 1.00 e. The summed E-state index contributed by atoms with van der Waals surface area (Å²) < 4.78 is 30.5. The normalized spacial score (nSPS) is 18.5. The van der Waals surface area contributed by atoms with Gasteiger partial charge >= 0.3 is 39.9 Å². The Labute approximate surface area is 131 Å². The Morgan fingerprint density at radius 1 is 1.63 bits per heavy atom. The number of amides is 2. The summed E-state index contributed by atoms with van der Waals surface area (Å²) in [6.07, 6.45) is 1.09. The summed E-state index contributed by atoms with van der Waals surface area (Å²) in [5, 5.41) is 10.9. The summed E-state index contributed by atoms with van der Waals surface area (Å²) in [4.78, 5) is 23.9. The number of aromatic nitrogens is 4. The molecule has 0 radical (unpaired) electrons. The molecule has 0 aromatic carbocycles. The third-order valence-corrected chi connectivity index (χ3v) is 3.21. The van der Waals surface area contributed by atoms with Crippen LogP contribution in [0.3, 0.4) is 0 Å². The second kappa shape index (κ2) is 5.50. The number of rotatable bonds is 3. The molecular formula is C6H9N6NaO5S. The summed E-state index contributed by atoms with van der Waals surface area (Å²) in [6.45, 7) is 0.822. The van der Waals surface area contributed by atoms with Gasteiger partial charge in [0, 0.05) is 6.92 Å². The monoisotopic (exact) mass is 300 g/mol. The molecular weight excluding hydrogens is 291 g/mol. The van der Waals surface area contributed by atoms with E-state index in [2.05, 4.69) is 15.5 Å². The van der Waals surface area contributed by atoms with Gasteiger partial charge in [-0.15, -0.1) is 9.89 Å². The topological polar surface area (TPSA) is 139 Å². The summed E-state index contributed by atoms with van der Waals surface area (Å²) in [5.74, 6) is -1.47. The number of β-lactam (4-membered cyclic amide) rings is 1. The molecule has 1 aliphatic rings. The minimum absolute atomic E-state index is 0. The van der Waals surface area contributed by atoms with Crippen LogP contribution in [0.15, 0.2) is 6.33 Å². The fourth-order valence-electron chi connectivity index (χ4n) is 1.53. The maximum atomic E-state index is 11.6. The summed E-state index contributed by atoms with van der Waals surface area (Å²) in [6, 6.07) is -1.06. The van der Waals surface area contributed by atoms with E-state index in [9.17, 15) is 18.0 Å². The fraction of sp³-hybridized carbons (Fsp3) is 0.500. The summed E-state index contributed by atoms with van der Waals surface area (Å²) in [5.41, 5.74) is 0. The molecule has 2 amide bonds. The zero-order chi connectivity index (χ0) is 13.5. The number of tetrazole rings is 1. The molecule has 1 atom stereocenters. The molecule has 100 valence electrons. The molecule has 1 aromatic rings. The van der Waals surface area contributed by atoms with Gasteiger partial charge in [-0.2, -0.15) is 8.42 Å². The van der Waals surface area contributed by atoms with E-state index in [4.69, 9.17) is 4.55 Å². The Bertz CT molecular complexity index is 593. The third-order valence-electron chi connectivity index (χ3n) is 2.32. The van der Waals surface area contributed by atoms with Crippen LogP contribution < -0.4 is 34.6 Å². The number of carbonyl (C=O) groups is 2. The van der Waals surface area contributed by atoms with Crippen LogP contribution >= 0.6 is 0 Å². The first-order chi connectivity index (χ1) is 8.32. The number of nitrogens with zero attached hydrogens (tertiary/aromatic N) is 6. The molecule has 13 heteroatoms. The van der Waals surface area contributed by atoms with Crippen LogP contribution in [0.2, 0.25) is 0 Å². The second-order valence-corrected chi connectivity index (χ2v) is 4.79. The zero-order valence-corrected chi connectivity index (χ0v) is 12.9. The second-order valence-electron chi connectivity index (χ2n) is 3.46. The largest absolute Gasteiger partial charge is 1.00 e. The van der Waals surface area contributed by atoms with Crippen LogP contribution in [0.5, 0.6) is 0 Å². The van der Waals surface area contributed by atoms with E-state index in [-0.39, 0.29) is 41.8 Å². The van der Waals surface area contributed by atoms with Crippen molar-refractivity contribution in [3.8, 4) is 0 Å². The molecule has 1 fully saturated rings. The van der Waals surface area contributed by atoms with E-state index in [1.54, 1.807) is 0 Å². The van der Waals surface area contributed by atoms with Crippen molar-refractivity contribution in [3.63, 3.8) is 0 Å². The van der Waals surface area contributed by atoms with E-state index in [0.717, 1.165) is 16.1 Å². The van der Waals surface area contributed by atoms with Gasteiger partial charge in [-0.05, 0) is 10.4 Å². The van der Waals surface area contributed by atoms with Crippen molar-refractivity contribution in [3.05, 3.63) is 6.33 Å². The van der Waals surface area contributed by atoms with Crippen LogP contribution in [0, 0.1) is 0 Å². The quantitative estimate of drug-likeness (QED) is 0.331. The molecule has 1 unspecified atom stereocenters. The molecule has 0 aliphatic carbocycles. The van der Waals surface area contributed by atoms with E-state index in [1.165, 1.54) is 6.92 Å². The van der Waals surface area contributed by atoms with E-state index in [0.29, 0.717) is 0 Å². The van der Waals surface area contributed by atoms with Gasteiger partial charge in [-0.1, -0.05) is 0 Å². The SMILES string of the molecule is CC(=O)N(C1CN(S(=O)(=O)O)C1=O)n1cnnn1.[H-].[Na+]. The van der Waals surface area contributed by atoms with Crippen molar-refractivity contribution < 1.29 is 53.5 Å². The van der Waals surface area contributed by atoms with Crippen molar-refractivity contribution in [1.82, 2.24) is 24.6 Å². The average Bonchev–Trinajstić information content (AvgIpc) is 2.73. The van der Waals surface area contributed by atoms with Crippen molar-refractivity contribution in [2.75, 3.05) is 11.6 Å². The molecule has 1 aliphatic heterocycles. The summed E-state index contributed by atoms with van der Waals surface area (Å²) >= 11 is 0. The first kappa shape index (κ1) is 16.0. The number of hydrogen-bond donors (Lipinski definition) is 1. The molecule has 11 nitrogen and oxygen atoms in total. The van der Waals surface area contributed by atoms with Gasteiger partial charge < -0.3 is 1.43 Å². The van der Waals surface area contributed by atoms with Crippen molar-refractivity contribution >= 4 is 22.1 Å². The molecule has 0 saturated carbocycles. The number of carbonyl (C=O) groups excluding carboxylic acids is 2. The Morgan fingerprint density at radius 3 is 2.63 bits per heavy atom. The van der Waals surface area contributed by atoms with Gasteiger partial charge in [0.1, 0.15) is 0 Å². The van der Waals surface area contributed by atoms with E-state index < -0.39 is 28.2 Å². The first-order valence-electron chi connectivity index (χ1n) is 4.64. The van der Waals surface area contributed by atoms with Gasteiger partial charge in [0.15, 0.2) is 12.4 Å². The van der Waals surface area contributed by atoms with Gasteiger partial charge in [-0.3, -0.25) is 14.1 Å². The minimum atomic E-state index is -4.59. The van der Waals surface area contributed by atoms with Crippen molar-refractivity contribution in [1.29, 1.82) is 0 Å². The predicted octanol–water partition coefficient (Wildman–Crippen LogP) is -5.71. The van der Waals surface area contributed by atoms with Gasteiger partial charge in [0.2, 0.25) is 5.91 Å². The Balaban J connectivity index is 0.00000180. The van der Waals surface area contributed by atoms with E-state index in [1.807, 2.05) is 0 Å². The van der Waals surface area contributed by atoms with Crippen LogP contribution in [0.25, 0.3) is 0 Å². The number of hydrogen-bond acceptors (Lipinski definition) is 7. The summed E-state index contributed by atoms with van der Waals surface area (Å²) in [7, 11) is -4.59. The molecule has 1 aromatic heterocycles. The van der Waals surface area contributed by atoms with Gasteiger partial charge in [0.25, 0.3) is 5.91 Å². The fourth-order valence-corrected chi connectivity index (χ4v) is 2.21. The third kappa shape index (κ3) is 2.92. The van der Waals surface area contributed by atoms with Crippen molar-refractivity contribution in [2.24, 2.45) is 0 Å². The molecule has 0 bridgehead atoms. The first-order valence-corrected chi connectivity index (χ1v) is 6.04. The standard InChI is InChI=1S/C6H8N6O5S.Na.H/c1-4(13)12(11-3-7-8-9-11)5-2-10(6(5)14)18(15,16)17;;/h3,5H,2H2,1H3,(H,15,16,17);;/q;+1;-1. The minimum Gasteiger partial charge on any atom is -1.00 e. The predicted molar refractivity (Wildman–Crippen MR) is 54.9 cm³/mol. The molecule has 1 saturated heterocycles. The van der Waals surface area contributed by atoms with Crippen molar-refractivity contribution in [2.45, 2.75) is 13.0 Å². The smallest absolute Gasteiger partial charge is 1.00 e. The van der Waals surface area contributed by atoms with Crippen LogP contribution in [0.1, 0.15) is 8.35 Å². The van der Waals surface area contributed by atoms with Gasteiger partial charge in [0.05, 0.1) is 6.54 Å².